The highest BCUT2D eigenvalue weighted by Gasteiger charge is 2.25. The predicted molar refractivity (Wildman–Crippen MR) is 92.9 cm³/mol. The van der Waals surface area contributed by atoms with Crippen molar-refractivity contribution >= 4 is 31.9 Å². The van der Waals surface area contributed by atoms with Gasteiger partial charge in [-0.25, -0.2) is 8.42 Å². The quantitative estimate of drug-likeness (QED) is 0.607. The second-order valence-corrected chi connectivity index (χ2v) is 7.55. The number of hydrogen-bond donors (Lipinski definition) is 1. The zero-order chi connectivity index (χ0) is 16.9. The molecule has 6 heteroatoms. The van der Waals surface area contributed by atoms with E-state index in [1.54, 1.807) is 30.3 Å². The summed E-state index contributed by atoms with van der Waals surface area (Å²) in [6.45, 7) is 0. The molecular weight excluding hydrogens is 326 g/mol. The Morgan fingerprint density at radius 1 is 0.958 bits per heavy atom. The van der Waals surface area contributed by atoms with Crippen molar-refractivity contribution in [2.75, 3.05) is 6.26 Å². The summed E-state index contributed by atoms with van der Waals surface area (Å²) in [5.41, 5.74) is 1.73. The van der Waals surface area contributed by atoms with Crippen LogP contribution in [0.25, 0.3) is 33.2 Å². The molecule has 0 spiro atoms. The summed E-state index contributed by atoms with van der Waals surface area (Å²) >= 11 is 0. The minimum atomic E-state index is -3.74. The molecule has 0 amide bonds. The highest BCUT2D eigenvalue weighted by molar-refractivity contribution is 7.90. The van der Waals surface area contributed by atoms with Crippen LogP contribution in [-0.4, -0.2) is 19.7 Å². The number of pyridine rings is 1. The molecule has 120 valence electrons. The lowest BCUT2D eigenvalue weighted by molar-refractivity contribution is 0.600. The molecule has 0 saturated carbocycles. The summed E-state index contributed by atoms with van der Waals surface area (Å²) in [7, 11) is -3.74. The van der Waals surface area contributed by atoms with Crippen LogP contribution in [0.1, 0.15) is 0 Å². The third-order valence-corrected chi connectivity index (χ3v) is 5.06. The fraction of sp³-hybridized carbons (Fsp3) is 0.0556. The van der Waals surface area contributed by atoms with Crippen LogP contribution >= 0.6 is 0 Å². The van der Waals surface area contributed by atoms with Gasteiger partial charge in [0.1, 0.15) is 10.5 Å². The molecule has 1 N–H and O–H groups in total. The molecule has 2 heterocycles. The second kappa shape index (κ2) is 5.07. The van der Waals surface area contributed by atoms with E-state index in [2.05, 4.69) is 4.98 Å². The van der Waals surface area contributed by atoms with E-state index in [1.807, 2.05) is 24.3 Å². The molecule has 0 saturated heterocycles. The Morgan fingerprint density at radius 2 is 1.62 bits per heavy atom. The highest BCUT2D eigenvalue weighted by atomic mass is 32.2. The van der Waals surface area contributed by atoms with E-state index in [0.717, 1.165) is 11.6 Å². The number of rotatable bonds is 2. The van der Waals surface area contributed by atoms with Crippen LogP contribution in [0.15, 0.2) is 68.7 Å². The monoisotopic (exact) mass is 339 g/mol. The first kappa shape index (κ1) is 14.7. The lowest BCUT2D eigenvalue weighted by atomic mass is 10.1. The molecule has 24 heavy (non-hydrogen) atoms. The molecule has 0 aliphatic carbocycles. The van der Waals surface area contributed by atoms with Crippen molar-refractivity contribution in [1.82, 2.24) is 4.98 Å². The van der Waals surface area contributed by atoms with Crippen LogP contribution in [0.2, 0.25) is 0 Å². The van der Waals surface area contributed by atoms with Gasteiger partial charge in [0.2, 0.25) is 0 Å². The van der Waals surface area contributed by atoms with E-state index in [9.17, 15) is 13.2 Å². The normalized spacial score (nSPS) is 12.0. The second-order valence-electron chi connectivity index (χ2n) is 5.60. The molecule has 5 nitrogen and oxygen atoms in total. The molecule has 0 aliphatic rings. The molecule has 4 rings (SSSR count). The Morgan fingerprint density at radius 3 is 2.33 bits per heavy atom. The van der Waals surface area contributed by atoms with Crippen molar-refractivity contribution in [2.45, 2.75) is 4.90 Å². The number of fused-ring (bicyclic) bond motifs is 3. The van der Waals surface area contributed by atoms with Crippen LogP contribution in [0.5, 0.6) is 0 Å². The number of para-hydroxylation sites is 1. The number of aromatic nitrogens is 1. The van der Waals surface area contributed by atoms with Crippen molar-refractivity contribution in [1.29, 1.82) is 0 Å². The smallest absolute Gasteiger partial charge is 0.268 e. The van der Waals surface area contributed by atoms with Gasteiger partial charge < -0.3 is 9.40 Å². The Balaban J connectivity index is 2.30. The van der Waals surface area contributed by atoms with Gasteiger partial charge >= 0.3 is 0 Å². The Bertz CT molecular complexity index is 1230. The highest BCUT2D eigenvalue weighted by Crippen LogP contribution is 2.36. The van der Waals surface area contributed by atoms with Gasteiger partial charge in [0.15, 0.2) is 15.4 Å². The summed E-state index contributed by atoms with van der Waals surface area (Å²) in [6.07, 6.45) is 1.03. The lowest BCUT2D eigenvalue weighted by Crippen LogP contribution is -2.18. The molecule has 0 atom stereocenters. The molecule has 0 bridgehead atoms. The number of aromatic amines is 1. The van der Waals surface area contributed by atoms with Crippen LogP contribution in [-0.2, 0) is 9.84 Å². The van der Waals surface area contributed by atoms with E-state index >= 15 is 0 Å². The summed E-state index contributed by atoms with van der Waals surface area (Å²) < 4.78 is 30.4. The maximum atomic E-state index is 12.5. The summed E-state index contributed by atoms with van der Waals surface area (Å²) in [5, 5.41) is 0.738. The molecule has 2 aromatic heterocycles. The van der Waals surface area contributed by atoms with Crippen LogP contribution in [0.4, 0.5) is 0 Å². The molecular formula is C18H13NO4S. The molecule has 0 radical (unpaired) electrons. The number of nitrogens with one attached hydrogen (secondary N) is 1. The van der Waals surface area contributed by atoms with Gasteiger partial charge in [-0.15, -0.1) is 0 Å². The van der Waals surface area contributed by atoms with Crippen LogP contribution in [0, 0.1) is 0 Å². The van der Waals surface area contributed by atoms with E-state index < -0.39 is 15.4 Å². The maximum Gasteiger partial charge on any atom is 0.268 e. The zero-order valence-electron chi connectivity index (χ0n) is 12.7. The van der Waals surface area contributed by atoms with Crippen molar-refractivity contribution in [3.63, 3.8) is 0 Å². The van der Waals surface area contributed by atoms with Gasteiger partial charge in [-0.05, 0) is 17.7 Å². The first-order chi connectivity index (χ1) is 11.5. The van der Waals surface area contributed by atoms with E-state index in [0.29, 0.717) is 27.8 Å². The third-order valence-electron chi connectivity index (χ3n) is 3.93. The zero-order valence-corrected chi connectivity index (χ0v) is 13.6. The average Bonchev–Trinajstić information content (AvgIpc) is 2.92. The minimum Gasteiger partial charge on any atom is -0.454 e. The molecule has 2 aromatic carbocycles. The number of sulfone groups is 1. The van der Waals surface area contributed by atoms with Gasteiger partial charge in [0.25, 0.3) is 5.56 Å². The van der Waals surface area contributed by atoms with Crippen molar-refractivity contribution in [3.8, 4) is 11.1 Å². The summed E-state index contributed by atoms with van der Waals surface area (Å²) in [6, 6.07) is 16.2. The Kier molecular flexibility index (Phi) is 3.11. The SMILES string of the molecule is CS(=O)(=O)c1c(-c2ccccc2)c2oc3ccccc3c2[nH]c1=O. The van der Waals surface area contributed by atoms with Gasteiger partial charge in [-0.1, -0.05) is 42.5 Å². The van der Waals surface area contributed by atoms with E-state index in [-0.39, 0.29) is 4.90 Å². The van der Waals surface area contributed by atoms with E-state index in [4.69, 9.17) is 4.42 Å². The number of benzene rings is 2. The third kappa shape index (κ3) is 2.15. The van der Waals surface area contributed by atoms with Gasteiger partial charge in [-0.2, -0.15) is 0 Å². The molecule has 0 unspecified atom stereocenters. The summed E-state index contributed by atoms with van der Waals surface area (Å²) in [5.74, 6) is 0. The largest absolute Gasteiger partial charge is 0.454 e. The average molecular weight is 339 g/mol. The number of hydrogen-bond acceptors (Lipinski definition) is 4. The van der Waals surface area contributed by atoms with Crippen LogP contribution < -0.4 is 5.56 Å². The number of furan rings is 1. The van der Waals surface area contributed by atoms with Gasteiger partial charge in [-0.3, -0.25) is 4.79 Å². The maximum absolute atomic E-state index is 12.5. The van der Waals surface area contributed by atoms with Crippen molar-refractivity contribution in [2.24, 2.45) is 0 Å². The van der Waals surface area contributed by atoms with Gasteiger partial charge in [0.05, 0.1) is 11.1 Å². The Labute approximate surface area is 137 Å². The standard InChI is InChI=1S/C18H13NO4S/c1-24(21,22)17-14(11-7-3-2-4-8-11)16-15(19-18(17)20)12-9-5-6-10-13(12)23-16/h2-10H,1H3,(H,19,20). The first-order valence-corrected chi connectivity index (χ1v) is 9.19. The fourth-order valence-corrected chi connectivity index (χ4v) is 3.92. The molecule has 0 fully saturated rings. The minimum absolute atomic E-state index is 0.278. The molecule has 0 aliphatic heterocycles. The first-order valence-electron chi connectivity index (χ1n) is 7.30. The van der Waals surface area contributed by atoms with Gasteiger partial charge in [0, 0.05) is 11.6 Å². The fourth-order valence-electron chi connectivity index (χ4n) is 2.95. The number of H-pyrrole nitrogens is 1. The van der Waals surface area contributed by atoms with Crippen molar-refractivity contribution in [3.05, 3.63) is 65.0 Å². The predicted octanol–water partition coefficient (Wildman–Crippen LogP) is 3.34. The summed E-state index contributed by atoms with van der Waals surface area (Å²) in [4.78, 5) is 14.9. The van der Waals surface area contributed by atoms with Crippen molar-refractivity contribution < 1.29 is 12.8 Å². The topological polar surface area (TPSA) is 80.1 Å². The van der Waals surface area contributed by atoms with E-state index in [1.165, 1.54) is 0 Å². The lowest BCUT2D eigenvalue weighted by Gasteiger charge is -2.08. The Hall–Kier alpha value is -2.86. The van der Waals surface area contributed by atoms with Crippen LogP contribution in [0.3, 0.4) is 0 Å². The molecule has 4 aromatic rings.